The van der Waals surface area contributed by atoms with Gasteiger partial charge in [0.1, 0.15) is 12.2 Å². The number of aliphatic carboxylic acids is 1. The second-order valence-corrected chi connectivity index (χ2v) is 13.7. The summed E-state index contributed by atoms with van der Waals surface area (Å²) in [4.78, 5) is 64.5. The monoisotopic (exact) mass is 619 g/mol. The number of aromatic carboxylic acids is 1. The number of anilines is 1. The lowest BCUT2D eigenvalue weighted by Crippen LogP contribution is -2.63. The molecule has 0 aliphatic carbocycles. The Kier molecular flexibility index (Phi) is 9.54. The van der Waals surface area contributed by atoms with Crippen molar-refractivity contribution < 1.29 is 48.5 Å². The number of aliphatic hydroxyl groups is 1. The number of nitrogens with zero attached hydrogens (tertiary/aromatic N) is 2. The molecule has 4 rings (SSSR count). The molecule has 2 amide bonds. The standard InChI is InChI=1S/C29H38N4O9S/c1-14-23-22(15(2)34)27(38)32(23)24(29(41)42-18(10-21(35)36)13-33(3,4)5)25(14)43-19-11-20(30-12-19)26(37)31-17-8-6-7-16(9-17)28(39)40/h6-9,14-15,18-20,22-23,30,34H,10-13H2,1-5H3,(H2-,31,35,36,37,39,40)/p+1/t14-,15-,18?,19+,20+,22-,23-/m1/s1. The fraction of sp³-hybridized carbons (Fsp3) is 0.552. The predicted molar refractivity (Wildman–Crippen MR) is 157 cm³/mol. The van der Waals surface area contributed by atoms with Crippen molar-refractivity contribution in [1.29, 1.82) is 0 Å². The third-order valence-corrected chi connectivity index (χ3v) is 9.32. The van der Waals surface area contributed by atoms with Crippen LogP contribution >= 0.6 is 11.8 Å². The molecule has 1 aromatic carbocycles. The van der Waals surface area contributed by atoms with Gasteiger partial charge in [-0.2, -0.15) is 0 Å². The van der Waals surface area contributed by atoms with Crippen LogP contribution in [0.3, 0.4) is 0 Å². The Hall–Kier alpha value is -3.46. The topological polar surface area (TPSA) is 183 Å². The minimum atomic E-state index is -1.11. The van der Waals surface area contributed by atoms with Gasteiger partial charge < -0.3 is 40.1 Å². The van der Waals surface area contributed by atoms with Crippen molar-refractivity contribution in [1.82, 2.24) is 10.2 Å². The Labute approximate surface area is 253 Å². The summed E-state index contributed by atoms with van der Waals surface area (Å²) in [6.45, 7) is 4.09. The summed E-state index contributed by atoms with van der Waals surface area (Å²) in [7, 11) is 5.56. The summed E-state index contributed by atoms with van der Waals surface area (Å²) in [5, 5.41) is 34.7. The van der Waals surface area contributed by atoms with Crippen LogP contribution in [0.1, 0.15) is 37.0 Å². The predicted octanol–water partition coefficient (Wildman–Crippen LogP) is 0.949. The highest BCUT2D eigenvalue weighted by molar-refractivity contribution is 8.03. The molecule has 43 heavy (non-hydrogen) atoms. The molecular formula is C29H39N4O9S+. The highest BCUT2D eigenvalue weighted by Crippen LogP contribution is 2.52. The number of esters is 1. The maximum atomic E-state index is 13.6. The number of carboxylic acids is 2. The van der Waals surface area contributed by atoms with Crippen LogP contribution in [-0.4, -0.2) is 118 Å². The average molecular weight is 620 g/mol. The molecule has 3 aliphatic rings. The first-order chi connectivity index (χ1) is 20.1. The molecule has 2 fully saturated rings. The van der Waals surface area contributed by atoms with Gasteiger partial charge in [0, 0.05) is 28.3 Å². The van der Waals surface area contributed by atoms with E-state index in [1.807, 2.05) is 28.1 Å². The Morgan fingerprint density at radius 2 is 1.91 bits per heavy atom. The van der Waals surface area contributed by atoms with Crippen molar-refractivity contribution in [3.8, 4) is 0 Å². The molecular weight excluding hydrogens is 580 g/mol. The number of carboxylic acid groups (broad SMARTS) is 2. The summed E-state index contributed by atoms with van der Waals surface area (Å²) >= 11 is 1.37. The van der Waals surface area contributed by atoms with E-state index in [1.165, 1.54) is 35.7 Å². The lowest BCUT2D eigenvalue weighted by atomic mass is 9.79. The van der Waals surface area contributed by atoms with Gasteiger partial charge in [-0.25, -0.2) is 9.59 Å². The number of amides is 2. The molecule has 0 aromatic heterocycles. The molecule has 0 radical (unpaired) electrons. The number of fused-ring (bicyclic) bond motifs is 1. The number of likely N-dealkylation sites (N-methyl/N-ethyl adjacent to an activating group) is 1. The highest BCUT2D eigenvalue weighted by atomic mass is 32.2. The number of rotatable bonds is 12. The number of benzene rings is 1. The van der Waals surface area contributed by atoms with Crippen molar-refractivity contribution >= 4 is 47.2 Å². The molecule has 7 atom stereocenters. The molecule has 13 nitrogen and oxygen atoms in total. The zero-order valence-electron chi connectivity index (χ0n) is 24.8. The number of aliphatic hydroxyl groups excluding tert-OH is 1. The van der Waals surface area contributed by atoms with Crippen molar-refractivity contribution in [2.75, 3.05) is 39.5 Å². The summed E-state index contributed by atoms with van der Waals surface area (Å²) in [5.74, 6) is -4.70. The van der Waals surface area contributed by atoms with Crippen LogP contribution in [0.15, 0.2) is 34.9 Å². The van der Waals surface area contributed by atoms with Crippen molar-refractivity contribution in [2.45, 2.75) is 56.2 Å². The van der Waals surface area contributed by atoms with E-state index < -0.39 is 48.1 Å². The number of carbonyl (C=O) groups is 5. The van der Waals surface area contributed by atoms with Gasteiger partial charge in [-0.15, -0.1) is 11.8 Å². The Morgan fingerprint density at radius 1 is 1.21 bits per heavy atom. The van der Waals surface area contributed by atoms with Gasteiger partial charge in [0.15, 0.2) is 6.10 Å². The van der Waals surface area contributed by atoms with Crippen LogP contribution < -0.4 is 10.6 Å². The summed E-state index contributed by atoms with van der Waals surface area (Å²) in [6.07, 6.45) is -1.84. The number of hydrogen-bond donors (Lipinski definition) is 5. The van der Waals surface area contributed by atoms with Gasteiger partial charge in [-0.1, -0.05) is 13.0 Å². The molecule has 0 spiro atoms. The normalized spacial score (nSPS) is 26.4. The Balaban J connectivity index is 1.53. The van der Waals surface area contributed by atoms with Gasteiger partial charge >= 0.3 is 17.9 Å². The van der Waals surface area contributed by atoms with Crippen LogP contribution in [0, 0.1) is 11.8 Å². The van der Waals surface area contributed by atoms with Crippen LogP contribution in [-0.2, 0) is 23.9 Å². The minimum absolute atomic E-state index is 0.0499. The third-order valence-electron chi connectivity index (χ3n) is 7.81. The Morgan fingerprint density at radius 3 is 2.51 bits per heavy atom. The van der Waals surface area contributed by atoms with E-state index in [0.29, 0.717) is 28.0 Å². The van der Waals surface area contributed by atoms with E-state index in [0.717, 1.165) is 0 Å². The zero-order chi connectivity index (χ0) is 31.8. The van der Waals surface area contributed by atoms with E-state index in [-0.39, 0.29) is 47.2 Å². The van der Waals surface area contributed by atoms with Crippen molar-refractivity contribution in [2.24, 2.45) is 11.8 Å². The number of quaternary nitrogens is 1. The Bertz CT molecular complexity index is 1340. The molecule has 3 heterocycles. The number of β-lactam (4-membered cyclic amide) rings is 1. The summed E-state index contributed by atoms with van der Waals surface area (Å²) in [5.41, 5.74) is 0.477. The molecule has 3 aliphatic heterocycles. The third kappa shape index (κ3) is 7.20. The van der Waals surface area contributed by atoms with Gasteiger partial charge in [-0.3, -0.25) is 14.4 Å². The zero-order valence-corrected chi connectivity index (χ0v) is 25.6. The summed E-state index contributed by atoms with van der Waals surface area (Å²) in [6, 6.07) is 4.93. The maximum absolute atomic E-state index is 13.6. The average Bonchev–Trinajstić information content (AvgIpc) is 3.44. The van der Waals surface area contributed by atoms with Crippen molar-refractivity contribution in [3.63, 3.8) is 0 Å². The molecule has 234 valence electrons. The van der Waals surface area contributed by atoms with E-state index >= 15 is 0 Å². The fourth-order valence-electron chi connectivity index (χ4n) is 5.96. The quantitative estimate of drug-likeness (QED) is 0.128. The van der Waals surface area contributed by atoms with Gasteiger partial charge in [0.05, 0.1) is 57.2 Å². The van der Waals surface area contributed by atoms with Crippen LogP contribution in [0.5, 0.6) is 0 Å². The van der Waals surface area contributed by atoms with Crippen molar-refractivity contribution in [3.05, 3.63) is 40.4 Å². The SMILES string of the molecule is C[C@@H](O)[C@H]1C(=O)N2C(C(=O)OC(CC(=O)O)C[N+](C)(C)C)=C(S[C@@H]3CN[C@H](C(=O)Nc4cccc(C(=O)O)c4)C3)[C@H](C)[C@H]12. The number of nitrogens with one attached hydrogen (secondary N) is 2. The lowest BCUT2D eigenvalue weighted by Gasteiger charge is -2.46. The first-order valence-electron chi connectivity index (χ1n) is 14.1. The number of carbonyl (C=O) groups excluding carboxylic acids is 3. The molecule has 5 N–H and O–H groups in total. The highest BCUT2D eigenvalue weighted by Gasteiger charge is 2.60. The molecule has 14 heteroatoms. The first-order valence-corrected chi connectivity index (χ1v) is 15.0. The second-order valence-electron chi connectivity index (χ2n) is 12.4. The van der Waals surface area contributed by atoms with Gasteiger partial charge in [-0.05, 0) is 31.5 Å². The van der Waals surface area contributed by atoms with Crippen LogP contribution in [0.4, 0.5) is 5.69 Å². The summed E-state index contributed by atoms with van der Waals surface area (Å²) < 4.78 is 6.09. The number of hydrogen-bond acceptors (Lipinski definition) is 9. The maximum Gasteiger partial charge on any atom is 0.356 e. The van der Waals surface area contributed by atoms with E-state index in [2.05, 4.69) is 10.6 Å². The van der Waals surface area contributed by atoms with Crippen LogP contribution in [0.2, 0.25) is 0 Å². The van der Waals surface area contributed by atoms with Gasteiger partial charge in [0.25, 0.3) is 0 Å². The fourth-order valence-corrected chi connectivity index (χ4v) is 7.43. The second kappa shape index (κ2) is 12.6. The van der Waals surface area contributed by atoms with Crippen LogP contribution in [0.25, 0.3) is 0 Å². The van der Waals surface area contributed by atoms with E-state index in [9.17, 15) is 39.3 Å². The number of ether oxygens (including phenoxy) is 1. The largest absolute Gasteiger partial charge is 0.481 e. The molecule has 0 saturated carbocycles. The van der Waals surface area contributed by atoms with E-state index in [4.69, 9.17) is 4.74 Å². The minimum Gasteiger partial charge on any atom is -0.481 e. The molecule has 2 saturated heterocycles. The number of thioether (sulfide) groups is 1. The molecule has 1 unspecified atom stereocenters. The molecule has 1 aromatic rings. The molecule has 0 bridgehead atoms. The first kappa shape index (κ1) is 32.5. The lowest BCUT2D eigenvalue weighted by molar-refractivity contribution is -0.873. The smallest absolute Gasteiger partial charge is 0.356 e. The van der Waals surface area contributed by atoms with E-state index in [1.54, 1.807) is 12.1 Å². The van der Waals surface area contributed by atoms with Gasteiger partial charge in [0.2, 0.25) is 11.8 Å².